The van der Waals surface area contributed by atoms with Crippen LogP contribution in [0, 0.1) is 0 Å². The molecule has 198 valence electrons. The number of likely N-dealkylation sites (N-methyl/N-ethyl adjacent to an activating group) is 1. The van der Waals surface area contributed by atoms with Gasteiger partial charge in [0.15, 0.2) is 0 Å². The van der Waals surface area contributed by atoms with Crippen LogP contribution in [0.3, 0.4) is 0 Å². The van der Waals surface area contributed by atoms with Crippen molar-refractivity contribution >= 4 is 29.0 Å². The molecule has 0 radical (unpaired) electrons. The highest BCUT2D eigenvalue weighted by Gasteiger charge is 2.14. The number of allylic oxidation sites excluding steroid dienone is 1. The van der Waals surface area contributed by atoms with Crippen molar-refractivity contribution in [1.82, 2.24) is 15.2 Å². The minimum absolute atomic E-state index is 0.0429. The number of carboxylic acid groups (broad SMARTS) is 1. The molecule has 0 aliphatic rings. The lowest BCUT2D eigenvalue weighted by Gasteiger charge is -2.17. The van der Waals surface area contributed by atoms with Crippen LogP contribution >= 0.6 is 0 Å². The smallest absolute Gasteiger partial charge is 0.410 e. The van der Waals surface area contributed by atoms with E-state index in [0.29, 0.717) is 19.7 Å². The van der Waals surface area contributed by atoms with Crippen LogP contribution in [0.15, 0.2) is 85.1 Å². The van der Waals surface area contributed by atoms with Crippen LogP contribution < -0.4 is 15.4 Å². The van der Waals surface area contributed by atoms with Crippen LogP contribution in [0.4, 0.5) is 10.6 Å². The first-order chi connectivity index (χ1) is 18.4. The second kappa shape index (κ2) is 14.3. The number of hydrogen-bond acceptors (Lipinski definition) is 5. The van der Waals surface area contributed by atoms with Gasteiger partial charge in [0.2, 0.25) is 5.91 Å². The van der Waals surface area contributed by atoms with Crippen molar-refractivity contribution in [3.05, 3.63) is 102 Å². The molecule has 3 N–H and O–H groups in total. The van der Waals surface area contributed by atoms with Gasteiger partial charge in [0.1, 0.15) is 18.2 Å². The van der Waals surface area contributed by atoms with Crippen LogP contribution in [0.25, 0.3) is 11.1 Å². The normalized spacial score (nSPS) is 11.7. The van der Waals surface area contributed by atoms with Crippen LogP contribution in [0.2, 0.25) is 0 Å². The standard InChI is InChI=1S/C30H34N4O4/c1-4-26(22-9-6-5-7-10-22)29(24-14-17-27(32-21-24)33-30(36)37)23-12-15-25(16-13-23)38-20-19-31-18-8-11-28(35)34(2)3/h5-17,21,31H,4,18-20H2,1-3H3,(H,32,33)(H,36,37)/b11-8+,29-26?. The van der Waals surface area contributed by atoms with Crippen LogP contribution in [-0.2, 0) is 4.79 Å². The molecule has 1 aromatic heterocycles. The van der Waals surface area contributed by atoms with Gasteiger partial charge in [0.25, 0.3) is 0 Å². The highest BCUT2D eigenvalue weighted by atomic mass is 16.5. The lowest BCUT2D eigenvalue weighted by atomic mass is 9.89. The van der Waals surface area contributed by atoms with Gasteiger partial charge in [-0.2, -0.15) is 0 Å². The number of anilines is 1. The summed E-state index contributed by atoms with van der Waals surface area (Å²) in [5.74, 6) is 0.985. The van der Waals surface area contributed by atoms with Gasteiger partial charge in [0, 0.05) is 45.0 Å². The summed E-state index contributed by atoms with van der Waals surface area (Å²) >= 11 is 0. The van der Waals surface area contributed by atoms with Gasteiger partial charge in [-0.3, -0.25) is 10.1 Å². The minimum Gasteiger partial charge on any atom is -0.492 e. The van der Waals surface area contributed by atoms with E-state index in [2.05, 4.69) is 34.7 Å². The fourth-order valence-corrected chi connectivity index (χ4v) is 3.86. The Morgan fingerprint density at radius 2 is 1.68 bits per heavy atom. The van der Waals surface area contributed by atoms with Gasteiger partial charge in [-0.1, -0.05) is 55.5 Å². The van der Waals surface area contributed by atoms with Gasteiger partial charge in [-0.05, 0) is 53.0 Å². The molecule has 38 heavy (non-hydrogen) atoms. The topological polar surface area (TPSA) is 104 Å². The SMILES string of the molecule is CCC(=C(c1ccc(OCCNC/C=C/C(=O)N(C)C)cc1)c1ccc(NC(=O)O)nc1)c1ccccc1. The lowest BCUT2D eigenvalue weighted by Crippen LogP contribution is -2.22. The first-order valence-corrected chi connectivity index (χ1v) is 12.5. The third kappa shape index (κ3) is 8.31. The van der Waals surface area contributed by atoms with Crippen molar-refractivity contribution in [2.75, 3.05) is 39.1 Å². The van der Waals surface area contributed by atoms with Crippen molar-refractivity contribution in [2.45, 2.75) is 13.3 Å². The second-order valence-electron chi connectivity index (χ2n) is 8.65. The zero-order valence-electron chi connectivity index (χ0n) is 22.0. The van der Waals surface area contributed by atoms with Gasteiger partial charge >= 0.3 is 6.09 Å². The number of nitrogens with zero attached hydrogens (tertiary/aromatic N) is 2. The number of amides is 2. The summed E-state index contributed by atoms with van der Waals surface area (Å²) in [6.07, 6.45) is 4.68. The van der Waals surface area contributed by atoms with E-state index in [-0.39, 0.29) is 11.7 Å². The highest BCUT2D eigenvalue weighted by molar-refractivity contribution is 5.98. The fourth-order valence-electron chi connectivity index (χ4n) is 3.86. The molecule has 0 unspecified atom stereocenters. The molecule has 1 heterocycles. The third-order valence-corrected chi connectivity index (χ3v) is 5.72. The number of rotatable bonds is 12. The average molecular weight is 515 g/mol. The largest absolute Gasteiger partial charge is 0.492 e. The molecular formula is C30H34N4O4. The molecule has 2 aromatic carbocycles. The highest BCUT2D eigenvalue weighted by Crippen LogP contribution is 2.35. The lowest BCUT2D eigenvalue weighted by molar-refractivity contribution is -0.123. The van der Waals surface area contributed by atoms with Crippen LogP contribution in [-0.4, -0.2) is 60.8 Å². The molecule has 8 heteroatoms. The number of pyridine rings is 1. The molecule has 0 aliphatic heterocycles. The van der Waals surface area contributed by atoms with Crippen molar-refractivity contribution in [3.8, 4) is 5.75 Å². The van der Waals surface area contributed by atoms with Crippen molar-refractivity contribution < 1.29 is 19.4 Å². The molecule has 2 amide bonds. The molecule has 0 fully saturated rings. The van der Waals surface area contributed by atoms with E-state index < -0.39 is 6.09 Å². The predicted molar refractivity (Wildman–Crippen MR) is 151 cm³/mol. The monoisotopic (exact) mass is 514 g/mol. The van der Waals surface area contributed by atoms with E-state index in [1.807, 2.05) is 48.5 Å². The Morgan fingerprint density at radius 1 is 0.974 bits per heavy atom. The van der Waals surface area contributed by atoms with E-state index in [9.17, 15) is 9.59 Å². The number of carbonyl (C=O) groups excluding carboxylic acids is 1. The summed E-state index contributed by atoms with van der Waals surface area (Å²) in [5.41, 5.74) is 5.20. The number of carbonyl (C=O) groups is 2. The summed E-state index contributed by atoms with van der Waals surface area (Å²) in [4.78, 5) is 28.3. The zero-order chi connectivity index (χ0) is 27.3. The Kier molecular flexibility index (Phi) is 10.6. The van der Waals surface area contributed by atoms with Crippen LogP contribution in [0.5, 0.6) is 5.75 Å². The Labute approximate surface area is 223 Å². The van der Waals surface area contributed by atoms with Crippen molar-refractivity contribution in [1.29, 1.82) is 0 Å². The second-order valence-corrected chi connectivity index (χ2v) is 8.65. The zero-order valence-corrected chi connectivity index (χ0v) is 22.0. The Bertz CT molecular complexity index is 1250. The van der Waals surface area contributed by atoms with Crippen molar-refractivity contribution in [2.24, 2.45) is 0 Å². The van der Waals surface area contributed by atoms with E-state index >= 15 is 0 Å². The number of benzene rings is 2. The van der Waals surface area contributed by atoms with E-state index in [1.54, 1.807) is 38.5 Å². The molecule has 3 rings (SSSR count). The minimum atomic E-state index is -1.15. The van der Waals surface area contributed by atoms with E-state index in [4.69, 9.17) is 9.84 Å². The first kappa shape index (κ1) is 28.1. The van der Waals surface area contributed by atoms with Crippen molar-refractivity contribution in [3.63, 3.8) is 0 Å². The third-order valence-electron chi connectivity index (χ3n) is 5.72. The average Bonchev–Trinajstić information content (AvgIpc) is 2.92. The van der Waals surface area contributed by atoms with Crippen LogP contribution in [0.1, 0.15) is 30.0 Å². The summed E-state index contributed by atoms with van der Waals surface area (Å²) in [6, 6.07) is 21.7. The number of nitrogens with one attached hydrogen (secondary N) is 2. The maximum absolute atomic E-state index is 11.5. The molecule has 0 bridgehead atoms. The Balaban J connectivity index is 1.75. The molecule has 0 saturated heterocycles. The maximum atomic E-state index is 11.5. The Hall–Kier alpha value is -4.43. The molecule has 8 nitrogen and oxygen atoms in total. The summed E-state index contributed by atoms with van der Waals surface area (Å²) in [7, 11) is 3.43. The molecular weight excluding hydrogens is 480 g/mol. The van der Waals surface area contributed by atoms with Gasteiger partial charge in [-0.25, -0.2) is 9.78 Å². The molecule has 0 saturated carbocycles. The number of aromatic nitrogens is 1. The summed E-state index contributed by atoms with van der Waals surface area (Å²) < 4.78 is 5.88. The quantitative estimate of drug-likeness (QED) is 0.175. The molecule has 0 aliphatic carbocycles. The van der Waals surface area contributed by atoms with E-state index in [0.717, 1.165) is 40.0 Å². The summed E-state index contributed by atoms with van der Waals surface area (Å²) in [6.45, 7) is 3.84. The predicted octanol–water partition coefficient (Wildman–Crippen LogP) is 5.15. The summed E-state index contributed by atoms with van der Waals surface area (Å²) in [5, 5.41) is 14.5. The van der Waals surface area contributed by atoms with Gasteiger partial charge in [0.05, 0.1) is 0 Å². The Morgan fingerprint density at radius 3 is 2.29 bits per heavy atom. The first-order valence-electron chi connectivity index (χ1n) is 12.5. The van der Waals surface area contributed by atoms with Gasteiger partial charge < -0.3 is 20.1 Å². The maximum Gasteiger partial charge on any atom is 0.410 e. The molecule has 3 aromatic rings. The van der Waals surface area contributed by atoms with Gasteiger partial charge in [-0.15, -0.1) is 0 Å². The molecule has 0 atom stereocenters. The van der Waals surface area contributed by atoms with E-state index in [1.165, 1.54) is 4.90 Å². The number of hydrogen-bond donors (Lipinski definition) is 3. The fraction of sp³-hybridized carbons (Fsp3) is 0.233. The number of ether oxygens (including phenoxy) is 1. The molecule has 0 spiro atoms.